The Morgan fingerprint density at radius 2 is 2.05 bits per heavy atom. The molecule has 1 aromatic rings. The van der Waals surface area contributed by atoms with Crippen molar-refractivity contribution in [3.05, 3.63) is 41.7 Å². The van der Waals surface area contributed by atoms with Crippen molar-refractivity contribution >= 4 is 17.9 Å². The molecular weight excluding hydrogens is 247 g/mol. The van der Waals surface area contributed by atoms with E-state index in [1.807, 2.05) is 0 Å². The van der Waals surface area contributed by atoms with Crippen LogP contribution in [0.5, 0.6) is 0 Å². The van der Waals surface area contributed by atoms with Gasteiger partial charge in [0.15, 0.2) is 0 Å². The minimum Gasteiger partial charge on any atom is -0.355 e. The molecule has 0 fully saturated rings. The fourth-order valence-electron chi connectivity index (χ4n) is 1.43. The number of likely N-dealkylation sites (N-methyl/N-ethyl adjacent to an activating group) is 1. The fourth-order valence-corrected chi connectivity index (χ4v) is 1.43. The molecule has 0 unspecified atom stereocenters. The highest BCUT2D eigenvalue weighted by Crippen LogP contribution is 2.07. The van der Waals surface area contributed by atoms with Crippen LogP contribution in [0.3, 0.4) is 0 Å². The maximum absolute atomic E-state index is 13.3. The molecule has 1 aromatic carbocycles. The summed E-state index contributed by atoms with van der Waals surface area (Å²) in [6.45, 7) is 3.88. The first-order chi connectivity index (χ1) is 9.04. The Morgan fingerprint density at radius 1 is 1.37 bits per heavy atom. The average Bonchev–Trinajstić information content (AvgIpc) is 2.38. The van der Waals surface area contributed by atoms with Crippen molar-refractivity contribution in [2.75, 3.05) is 6.54 Å². The highest BCUT2D eigenvalue weighted by Gasteiger charge is 2.12. The third kappa shape index (κ3) is 4.91. The lowest BCUT2D eigenvalue weighted by Gasteiger charge is -2.11. The monoisotopic (exact) mass is 264 g/mol. The van der Waals surface area contributed by atoms with Gasteiger partial charge in [0.25, 0.3) is 0 Å². The van der Waals surface area contributed by atoms with Gasteiger partial charge < -0.3 is 10.6 Å². The van der Waals surface area contributed by atoms with E-state index in [1.54, 1.807) is 32.0 Å². The van der Waals surface area contributed by atoms with Gasteiger partial charge in [0.05, 0.1) is 0 Å². The van der Waals surface area contributed by atoms with Crippen molar-refractivity contribution in [1.29, 1.82) is 0 Å². The molecule has 0 bridgehead atoms. The predicted molar refractivity (Wildman–Crippen MR) is 71.7 cm³/mol. The van der Waals surface area contributed by atoms with E-state index in [0.29, 0.717) is 12.1 Å². The van der Waals surface area contributed by atoms with Crippen LogP contribution in [-0.4, -0.2) is 24.4 Å². The number of rotatable bonds is 5. The highest BCUT2D eigenvalue weighted by molar-refractivity contribution is 5.95. The molecule has 0 radical (unpaired) electrons. The molecule has 0 spiro atoms. The Labute approximate surface area is 111 Å². The van der Waals surface area contributed by atoms with Gasteiger partial charge in [0, 0.05) is 18.2 Å². The zero-order valence-corrected chi connectivity index (χ0v) is 10.9. The molecule has 2 N–H and O–H groups in total. The molecule has 102 valence electrons. The van der Waals surface area contributed by atoms with E-state index in [9.17, 15) is 14.0 Å². The average molecular weight is 264 g/mol. The van der Waals surface area contributed by atoms with Gasteiger partial charge in [0.1, 0.15) is 11.9 Å². The predicted octanol–water partition coefficient (Wildman–Crippen LogP) is 1.48. The van der Waals surface area contributed by atoms with Crippen molar-refractivity contribution in [2.24, 2.45) is 0 Å². The molecule has 0 aliphatic carbocycles. The first-order valence-corrected chi connectivity index (χ1v) is 6.05. The van der Waals surface area contributed by atoms with Gasteiger partial charge in [0.2, 0.25) is 11.8 Å². The van der Waals surface area contributed by atoms with E-state index in [1.165, 1.54) is 18.2 Å². The molecule has 0 saturated heterocycles. The second-order valence-corrected chi connectivity index (χ2v) is 3.98. The van der Waals surface area contributed by atoms with Crippen LogP contribution in [0.2, 0.25) is 0 Å². The molecule has 0 saturated carbocycles. The van der Waals surface area contributed by atoms with Gasteiger partial charge in [-0.1, -0.05) is 18.2 Å². The van der Waals surface area contributed by atoms with E-state index >= 15 is 0 Å². The molecule has 0 aliphatic rings. The second kappa shape index (κ2) is 7.31. The molecule has 0 heterocycles. The van der Waals surface area contributed by atoms with E-state index in [4.69, 9.17) is 0 Å². The Bertz CT molecular complexity index is 486. The number of carbonyl (C=O) groups is 2. The van der Waals surface area contributed by atoms with Crippen LogP contribution >= 0.6 is 0 Å². The Kier molecular flexibility index (Phi) is 5.73. The lowest BCUT2D eigenvalue weighted by molar-refractivity contribution is -0.126. The van der Waals surface area contributed by atoms with Crippen molar-refractivity contribution in [3.63, 3.8) is 0 Å². The molecule has 19 heavy (non-hydrogen) atoms. The van der Waals surface area contributed by atoms with Gasteiger partial charge in [-0.05, 0) is 26.0 Å². The SMILES string of the molecule is CCNC(=O)[C@@H](C)NC(=O)/C=C/c1ccccc1F. The summed E-state index contributed by atoms with van der Waals surface area (Å²) in [5, 5.41) is 5.09. The van der Waals surface area contributed by atoms with E-state index in [-0.39, 0.29) is 5.91 Å². The molecule has 0 aliphatic heterocycles. The fraction of sp³-hybridized carbons (Fsp3) is 0.286. The van der Waals surface area contributed by atoms with Crippen molar-refractivity contribution in [2.45, 2.75) is 19.9 Å². The van der Waals surface area contributed by atoms with Gasteiger partial charge in [-0.25, -0.2) is 4.39 Å². The van der Waals surface area contributed by atoms with Crippen LogP contribution < -0.4 is 10.6 Å². The summed E-state index contributed by atoms with van der Waals surface area (Å²) in [5.41, 5.74) is 0.323. The zero-order valence-electron chi connectivity index (χ0n) is 10.9. The lowest BCUT2D eigenvalue weighted by atomic mass is 10.2. The van der Waals surface area contributed by atoms with Crippen molar-refractivity contribution < 1.29 is 14.0 Å². The number of hydrogen-bond acceptors (Lipinski definition) is 2. The van der Waals surface area contributed by atoms with Gasteiger partial charge in [-0.2, -0.15) is 0 Å². The lowest BCUT2D eigenvalue weighted by Crippen LogP contribution is -2.44. The molecule has 1 atom stereocenters. The topological polar surface area (TPSA) is 58.2 Å². The minimum atomic E-state index is -0.627. The van der Waals surface area contributed by atoms with E-state index in [0.717, 1.165) is 0 Å². The normalized spacial score (nSPS) is 12.2. The van der Waals surface area contributed by atoms with Crippen LogP contribution in [0.15, 0.2) is 30.3 Å². The van der Waals surface area contributed by atoms with Crippen LogP contribution in [0.4, 0.5) is 4.39 Å². The van der Waals surface area contributed by atoms with E-state index < -0.39 is 17.8 Å². The number of nitrogens with one attached hydrogen (secondary N) is 2. The second-order valence-electron chi connectivity index (χ2n) is 3.98. The molecule has 4 nitrogen and oxygen atoms in total. The smallest absolute Gasteiger partial charge is 0.244 e. The van der Waals surface area contributed by atoms with Gasteiger partial charge >= 0.3 is 0 Å². The third-order valence-electron chi connectivity index (χ3n) is 2.42. The summed E-state index contributed by atoms with van der Waals surface area (Å²) in [7, 11) is 0. The quantitative estimate of drug-likeness (QED) is 0.791. The van der Waals surface area contributed by atoms with Gasteiger partial charge in [-0.3, -0.25) is 9.59 Å². The largest absolute Gasteiger partial charge is 0.355 e. The summed E-state index contributed by atoms with van der Waals surface area (Å²) in [5.74, 6) is -1.10. The first kappa shape index (κ1) is 14.9. The Morgan fingerprint density at radius 3 is 2.68 bits per heavy atom. The summed E-state index contributed by atoms with van der Waals surface area (Å²) in [6, 6.07) is 5.50. The van der Waals surface area contributed by atoms with Crippen LogP contribution in [0.1, 0.15) is 19.4 Å². The third-order valence-corrected chi connectivity index (χ3v) is 2.42. The van der Waals surface area contributed by atoms with Crippen LogP contribution in [0.25, 0.3) is 6.08 Å². The Balaban J connectivity index is 2.56. The highest BCUT2D eigenvalue weighted by atomic mass is 19.1. The molecule has 1 rings (SSSR count). The van der Waals surface area contributed by atoms with Crippen LogP contribution in [0, 0.1) is 5.82 Å². The summed E-state index contributed by atoms with van der Waals surface area (Å²) in [4.78, 5) is 22.9. The molecule has 0 aromatic heterocycles. The van der Waals surface area contributed by atoms with Crippen molar-refractivity contribution in [1.82, 2.24) is 10.6 Å². The number of halogens is 1. The number of benzene rings is 1. The first-order valence-electron chi connectivity index (χ1n) is 6.05. The maximum atomic E-state index is 13.3. The van der Waals surface area contributed by atoms with Crippen LogP contribution in [-0.2, 0) is 9.59 Å². The standard InChI is InChI=1S/C14H17FN2O2/c1-3-16-14(19)10(2)17-13(18)9-8-11-6-4-5-7-12(11)15/h4-10H,3H2,1-2H3,(H,16,19)(H,17,18)/b9-8+/t10-/m1/s1. The zero-order chi connectivity index (χ0) is 14.3. The Hall–Kier alpha value is -2.17. The summed E-state index contributed by atoms with van der Waals surface area (Å²) in [6.07, 6.45) is 2.57. The number of amides is 2. The van der Waals surface area contributed by atoms with Gasteiger partial charge in [-0.15, -0.1) is 0 Å². The summed E-state index contributed by atoms with van der Waals surface area (Å²) >= 11 is 0. The molecule has 2 amide bonds. The van der Waals surface area contributed by atoms with Crippen molar-refractivity contribution in [3.8, 4) is 0 Å². The summed E-state index contributed by atoms with van der Waals surface area (Å²) < 4.78 is 13.3. The minimum absolute atomic E-state index is 0.254. The number of hydrogen-bond donors (Lipinski definition) is 2. The number of carbonyl (C=O) groups excluding carboxylic acids is 2. The molecular formula is C14H17FN2O2. The van der Waals surface area contributed by atoms with E-state index in [2.05, 4.69) is 10.6 Å². The maximum Gasteiger partial charge on any atom is 0.244 e. The molecule has 5 heteroatoms.